The monoisotopic (exact) mass is 466 g/mol. The van der Waals surface area contributed by atoms with Crippen molar-refractivity contribution in [3.8, 4) is 11.1 Å². The molecule has 2 amide bonds. The molecule has 0 bridgehead atoms. The third-order valence-corrected chi connectivity index (χ3v) is 6.54. The van der Waals surface area contributed by atoms with Gasteiger partial charge >= 0.3 is 12.1 Å². The highest BCUT2D eigenvalue weighted by Crippen LogP contribution is 2.44. The second kappa shape index (κ2) is 10.7. The number of benzene rings is 2. The van der Waals surface area contributed by atoms with Crippen LogP contribution in [-0.4, -0.2) is 54.5 Å². The van der Waals surface area contributed by atoms with E-state index in [9.17, 15) is 14.4 Å². The van der Waals surface area contributed by atoms with Gasteiger partial charge in [-0.1, -0.05) is 55.5 Å². The van der Waals surface area contributed by atoms with Crippen molar-refractivity contribution in [1.82, 2.24) is 10.6 Å². The Bertz CT molecular complexity index is 1010. The van der Waals surface area contributed by atoms with Crippen LogP contribution in [0.15, 0.2) is 48.5 Å². The Hall–Kier alpha value is -3.39. The average Bonchev–Trinajstić information content (AvgIpc) is 3.42. The number of hydrogen-bond acceptors (Lipinski definition) is 5. The normalized spacial score (nSPS) is 19.7. The van der Waals surface area contributed by atoms with Crippen LogP contribution in [0.3, 0.4) is 0 Å². The lowest BCUT2D eigenvalue weighted by Crippen LogP contribution is -2.50. The van der Waals surface area contributed by atoms with Gasteiger partial charge in [-0.15, -0.1) is 0 Å². The minimum absolute atomic E-state index is 0.0221. The number of hydrogen-bond donors (Lipinski definition) is 3. The second-order valence-corrected chi connectivity index (χ2v) is 8.70. The molecule has 3 N–H and O–H groups in total. The van der Waals surface area contributed by atoms with Crippen molar-refractivity contribution in [3.05, 3.63) is 59.7 Å². The summed E-state index contributed by atoms with van der Waals surface area (Å²) in [7, 11) is 0. The highest BCUT2D eigenvalue weighted by atomic mass is 16.6. The molecule has 8 heteroatoms. The van der Waals surface area contributed by atoms with Crippen LogP contribution >= 0.6 is 0 Å². The van der Waals surface area contributed by atoms with Crippen molar-refractivity contribution in [2.75, 3.05) is 13.2 Å². The fourth-order valence-corrected chi connectivity index (χ4v) is 4.75. The summed E-state index contributed by atoms with van der Waals surface area (Å²) in [6.07, 6.45) is -0.00212. The summed E-state index contributed by atoms with van der Waals surface area (Å²) in [6, 6.07) is 15.5. The van der Waals surface area contributed by atoms with Crippen LogP contribution in [0.4, 0.5) is 4.79 Å². The quantitative estimate of drug-likeness (QED) is 0.522. The topological polar surface area (TPSA) is 114 Å². The SMILES string of the molecule is CCC(CCC(=O)O)NC(=O)C1OCCC1NC(=O)OCC1c2ccccc2-c2ccccc21. The Balaban J connectivity index is 1.33. The number of fused-ring (bicyclic) bond motifs is 3. The van der Waals surface area contributed by atoms with Gasteiger partial charge in [0.2, 0.25) is 0 Å². The van der Waals surface area contributed by atoms with Crippen LogP contribution in [0.5, 0.6) is 0 Å². The molecule has 1 fully saturated rings. The van der Waals surface area contributed by atoms with E-state index in [2.05, 4.69) is 34.9 Å². The molecule has 8 nitrogen and oxygen atoms in total. The van der Waals surface area contributed by atoms with Crippen molar-refractivity contribution in [2.24, 2.45) is 0 Å². The van der Waals surface area contributed by atoms with E-state index in [1.165, 1.54) is 0 Å². The molecule has 2 aliphatic rings. The lowest BCUT2D eigenvalue weighted by atomic mass is 9.98. The fourth-order valence-electron chi connectivity index (χ4n) is 4.75. The van der Waals surface area contributed by atoms with E-state index < -0.39 is 24.2 Å². The molecule has 1 aliphatic heterocycles. The zero-order valence-electron chi connectivity index (χ0n) is 19.2. The Labute approximate surface area is 198 Å². The molecule has 1 saturated heterocycles. The lowest BCUT2D eigenvalue weighted by Gasteiger charge is -2.23. The summed E-state index contributed by atoms with van der Waals surface area (Å²) in [5.41, 5.74) is 4.57. The van der Waals surface area contributed by atoms with E-state index in [0.717, 1.165) is 22.3 Å². The molecule has 3 unspecified atom stereocenters. The first kappa shape index (κ1) is 23.8. The Morgan fingerprint density at radius 1 is 1.09 bits per heavy atom. The van der Waals surface area contributed by atoms with Crippen molar-refractivity contribution in [2.45, 2.75) is 56.7 Å². The Morgan fingerprint density at radius 3 is 2.35 bits per heavy atom. The van der Waals surface area contributed by atoms with E-state index in [1.54, 1.807) is 0 Å². The third kappa shape index (κ3) is 5.22. The molecule has 3 atom stereocenters. The van der Waals surface area contributed by atoms with Crippen molar-refractivity contribution in [1.29, 1.82) is 0 Å². The number of alkyl carbamates (subject to hydrolysis) is 1. The molecule has 0 saturated carbocycles. The Morgan fingerprint density at radius 2 is 1.74 bits per heavy atom. The van der Waals surface area contributed by atoms with Crippen LogP contribution in [0, 0.1) is 0 Å². The van der Waals surface area contributed by atoms with Gasteiger partial charge in [0.15, 0.2) is 6.10 Å². The van der Waals surface area contributed by atoms with Gasteiger partial charge in [0.1, 0.15) is 6.61 Å². The fraction of sp³-hybridized carbons (Fsp3) is 0.423. The van der Waals surface area contributed by atoms with Gasteiger partial charge in [0.25, 0.3) is 5.91 Å². The third-order valence-electron chi connectivity index (χ3n) is 6.54. The maximum Gasteiger partial charge on any atom is 0.407 e. The highest BCUT2D eigenvalue weighted by Gasteiger charge is 2.37. The van der Waals surface area contributed by atoms with Crippen LogP contribution in [-0.2, 0) is 19.1 Å². The molecule has 4 rings (SSSR count). The van der Waals surface area contributed by atoms with Crippen LogP contribution < -0.4 is 10.6 Å². The molecule has 1 heterocycles. The zero-order valence-corrected chi connectivity index (χ0v) is 19.2. The molecular formula is C26H30N2O6. The number of ether oxygens (including phenoxy) is 2. The van der Waals surface area contributed by atoms with Gasteiger partial charge in [0.05, 0.1) is 6.04 Å². The van der Waals surface area contributed by atoms with Crippen molar-refractivity contribution < 1.29 is 29.0 Å². The van der Waals surface area contributed by atoms with E-state index in [0.29, 0.717) is 25.9 Å². The first-order valence-corrected chi connectivity index (χ1v) is 11.7. The van der Waals surface area contributed by atoms with E-state index in [4.69, 9.17) is 14.6 Å². The predicted molar refractivity (Wildman–Crippen MR) is 125 cm³/mol. The molecule has 34 heavy (non-hydrogen) atoms. The first-order chi connectivity index (χ1) is 16.5. The van der Waals surface area contributed by atoms with Gasteiger partial charge in [-0.25, -0.2) is 4.79 Å². The van der Waals surface area contributed by atoms with Crippen molar-refractivity contribution in [3.63, 3.8) is 0 Å². The number of carbonyl (C=O) groups excluding carboxylic acids is 2. The molecule has 0 spiro atoms. The minimum Gasteiger partial charge on any atom is -0.481 e. The second-order valence-electron chi connectivity index (χ2n) is 8.70. The number of carboxylic acids is 1. The van der Waals surface area contributed by atoms with Crippen molar-refractivity contribution >= 4 is 18.0 Å². The molecular weight excluding hydrogens is 436 g/mol. The smallest absolute Gasteiger partial charge is 0.407 e. The molecule has 180 valence electrons. The maximum atomic E-state index is 12.7. The van der Waals surface area contributed by atoms with Gasteiger partial charge in [-0.05, 0) is 41.5 Å². The number of nitrogens with one attached hydrogen (secondary N) is 2. The first-order valence-electron chi connectivity index (χ1n) is 11.7. The number of aliphatic carboxylic acids is 1. The lowest BCUT2D eigenvalue weighted by molar-refractivity contribution is -0.138. The highest BCUT2D eigenvalue weighted by molar-refractivity contribution is 5.83. The standard InChI is InChI=1S/C26H30N2O6/c1-2-16(11-12-23(29)30)27-25(31)24-22(13-14-33-24)28-26(32)34-15-21-19-9-5-3-7-17(19)18-8-4-6-10-20(18)21/h3-10,16,21-22,24H,2,11-15H2,1H3,(H,27,31)(H,28,32)(H,29,30). The molecule has 2 aromatic carbocycles. The summed E-state index contributed by atoms with van der Waals surface area (Å²) in [4.78, 5) is 36.2. The number of amides is 2. The van der Waals surface area contributed by atoms with Crippen LogP contribution in [0.2, 0.25) is 0 Å². The molecule has 1 aliphatic carbocycles. The van der Waals surface area contributed by atoms with E-state index >= 15 is 0 Å². The molecule has 0 radical (unpaired) electrons. The number of rotatable bonds is 9. The maximum absolute atomic E-state index is 12.7. The van der Waals surface area contributed by atoms with E-state index in [-0.39, 0.29) is 30.9 Å². The van der Waals surface area contributed by atoms with Gasteiger partial charge in [0, 0.05) is 25.0 Å². The average molecular weight is 467 g/mol. The summed E-state index contributed by atoms with van der Waals surface area (Å²) < 4.78 is 11.2. The number of carbonyl (C=O) groups is 3. The van der Waals surface area contributed by atoms with Gasteiger partial charge in [-0.3, -0.25) is 9.59 Å². The minimum atomic E-state index is -0.903. The van der Waals surface area contributed by atoms with E-state index in [1.807, 2.05) is 31.2 Å². The summed E-state index contributed by atoms with van der Waals surface area (Å²) in [6.45, 7) is 2.42. The molecule has 2 aromatic rings. The Kier molecular flexibility index (Phi) is 7.47. The summed E-state index contributed by atoms with van der Waals surface area (Å²) in [5, 5.41) is 14.5. The summed E-state index contributed by atoms with van der Waals surface area (Å²) >= 11 is 0. The van der Waals surface area contributed by atoms with Crippen LogP contribution in [0.1, 0.15) is 49.7 Å². The largest absolute Gasteiger partial charge is 0.481 e. The van der Waals surface area contributed by atoms with Gasteiger partial charge < -0.3 is 25.2 Å². The molecule has 0 aromatic heterocycles. The van der Waals surface area contributed by atoms with Gasteiger partial charge in [-0.2, -0.15) is 0 Å². The zero-order chi connectivity index (χ0) is 24.1. The summed E-state index contributed by atoms with van der Waals surface area (Å²) in [5.74, 6) is -1.30. The predicted octanol–water partition coefficient (Wildman–Crippen LogP) is 3.44. The number of carboxylic acid groups (broad SMARTS) is 1. The van der Waals surface area contributed by atoms with Crippen LogP contribution in [0.25, 0.3) is 11.1 Å².